The summed E-state index contributed by atoms with van der Waals surface area (Å²) in [4.78, 5) is 12.3. The molecule has 2 aliphatic rings. The third-order valence-corrected chi connectivity index (χ3v) is 5.57. The maximum Gasteiger partial charge on any atom is 0.258 e. The predicted molar refractivity (Wildman–Crippen MR) is 99.2 cm³/mol. The summed E-state index contributed by atoms with van der Waals surface area (Å²) in [6.07, 6.45) is 5.52. The Hall–Kier alpha value is -0.680. The van der Waals surface area contributed by atoms with Gasteiger partial charge < -0.3 is 15.8 Å². The maximum absolute atomic E-state index is 12.3. The van der Waals surface area contributed by atoms with Crippen molar-refractivity contribution in [3.63, 3.8) is 0 Å². The Morgan fingerprint density at radius 3 is 2.38 bits per heavy atom. The van der Waals surface area contributed by atoms with Gasteiger partial charge in [-0.2, -0.15) is 0 Å². The number of carbonyl (C=O) groups is 1. The Bertz CT molecular complexity index is 551. The fourth-order valence-corrected chi connectivity index (χ4v) is 4.52. The van der Waals surface area contributed by atoms with Crippen LogP contribution < -0.4 is 15.8 Å². The summed E-state index contributed by atoms with van der Waals surface area (Å²) < 4.78 is 5.51. The number of benzene rings is 1. The van der Waals surface area contributed by atoms with E-state index >= 15 is 0 Å². The average molecular weight is 394 g/mol. The number of para-hydroxylation sites is 1. The summed E-state index contributed by atoms with van der Waals surface area (Å²) in [5.74, 6) is 1.21. The second-order valence-corrected chi connectivity index (χ2v) is 7.43. The molecule has 1 amide bonds. The molecule has 3 rings (SSSR count). The van der Waals surface area contributed by atoms with Crippen molar-refractivity contribution in [1.29, 1.82) is 0 Å². The summed E-state index contributed by atoms with van der Waals surface area (Å²) in [5.41, 5.74) is 6.12. The van der Waals surface area contributed by atoms with Gasteiger partial charge in [-0.1, -0.05) is 35.7 Å². The van der Waals surface area contributed by atoms with Crippen LogP contribution >= 0.6 is 35.6 Å². The quantitative estimate of drug-likeness (QED) is 0.817. The van der Waals surface area contributed by atoms with Crippen LogP contribution in [0.1, 0.15) is 32.1 Å². The molecule has 7 heteroatoms. The van der Waals surface area contributed by atoms with E-state index in [1.807, 2.05) is 0 Å². The zero-order valence-electron chi connectivity index (χ0n) is 13.3. The number of amides is 1. The van der Waals surface area contributed by atoms with Gasteiger partial charge in [0.05, 0.1) is 10.0 Å². The second kappa shape index (κ2) is 8.61. The van der Waals surface area contributed by atoms with E-state index in [0.717, 1.165) is 25.7 Å². The lowest BCUT2D eigenvalue weighted by atomic mass is 9.67. The minimum Gasteiger partial charge on any atom is -0.481 e. The van der Waals surface area contributed by atoms with Gasteiger partial charge in [-0.25, -0.2) is 0 Å². The summed E-state index contributed by atoms with van der Waals surface area (Å²) in [5, 5.41) is 3.96. The van der Waals surface area contributed by atoms with Crippen LogP contribution in [0.3, 0.4) is 0 Å². The molecule has 4 nitrogen and oxygen atoms in total. The molecular weight excluding hydrogens is 371 g/mol. The third kappa shape index (κ3) is 4.48. The zero-order chi connectivity index (χ0) is 16.4. The predicted octanol–water partition coefficient (Wildman–Crippen LogP) is 3.82. The van der Waals surface area contributed by atoms with Crippen molar-refractivity contribution in [2.75, 3.05) is 6.61 Å². The van der Waals surface area contributed by atoms with Gasteiger partial charge in [0, 0.05) is 12.1 Å². The van der Waals surface area contributed by atoms with Gasteiger partial charge in [0.1, 0.15) is 0 Å². The summed E-state index contributed by atoms with van der Waals surface area (Å²) >= 11 is 12.1. The van der Waals surface area contributed by atoms with E-state index in [1.165, 1.54) is 6.42 Å². The Kier molecular flexibility index (Phi) is 7.05. The summed E-state index contributed by atoms with van der Waals surface area (Å²) in [6, 6.07) is 5.61. The minimum absolute atomic E-state index is 0. The van der Waals surface area contributed by atoms with Crippen LogP contribution in [0.25, 0.3) is 0 Å². The maximum atomic E-state index is 12.3. The van der Waals surface area contributed by atoms with Crippen molar-refractivity contribution in [2.24, 2.45) is 17.6 Å². The number of fused-ring (bicyclic) bond motifs is 2. The highest BCUT2D eigenvalue weighted by atomic mass is 35.5. The van der Waals surface area contributed by atoms with Gasteiger partial charge in [-0.15, -0.1) is 12.4 Å². The smallest absolute Gasteiger partial charge is 0.258 e. The molecule has 2 atom stereocenters. The molecule has 0 radical (unpaired) electrons. The van der Waals surface area contributed by atoms with Crippen LogP contribution in [0, 0.1) is 11.8 Å². The van der Waals surface area contributed by atoms with Crippen LogP contribution in [-0.4, -0.2) is 24.6 Å². The summed E-state index contributed by atoms with van der Waals surface area (Å²) in [6.45, 7) is -0.0779. The van der Waals surface area contributed by atoms with E-state index in [2.05, 4.69) is 5.32 Å². The lowest BCUT2D eigenvalue weighted by Crippen LogP contribution is -2.54. The number of rotatable bonds is 4. The molecule has 1 aromatic carbocycles. The van der Waals surface area contributed by atoms with Crippen molar-refractivity contribution in [3.05, 3.63) is 28.2 Å². The van der Waals surface area contributed by atoms with Gasteiger partial charge in [0.2, 0.25) is 0 Å². The van der Waals surface area contributed by atoms with Gasteiger partial charge in [0.15, 0.2) is 12.4 Å². The van der Waals surface area contributed by atoms with E-state index in [4.69, 9.17) is 33.7 Å². The van der Waals surface area contributed by atoms with Gasteiger partial charge >= 0.3 is 0 Å². The van der Waals surface area contributed by atoms with Crippen LogP contribution in [0.5, 0.6) is 5.75 Å². The van der Waals surface area contributed by atoms with Gasteiger partial charge in [0.25, 0.3) is 5.91 Å². The zero-order valence-corrected chi connectivity index (χ0v) is 15.7. The lowest BCUT2D eigenvalue weighted by molar-refractivity contribution is -0.125. The molecule has 3 N–H and O–H groups in total. The molecular formula is C17H23Cl3N2O2. The first-order valence-electron chi connectivity index (χ1n) is 8.16. The highest BCUT2D eigenvalue weighted by molar-refractivity contribution is 6.37. The van der Waals surface area contributed by atoms with Crippen LogP contribution in [-0.2, 0) is 4.79 Å². The Balaban J connectivity index is 0.00000208. The van der Waals surface area contributed by atoms with Gasteiger partial charge in [-0.3, -0.25) is 4.79 Å². The SMILES string of the molecule is Cl.NC1CC2CCCC(C1)C2NC(=O)COc1c(Cl)cccc1Cl. The molecule has 134 valence electrons. The monoisotopic (exact) mass is 392 g/mol. The van der Waals surface area contributed by atoms with Crippen molar-refractivity contribution < 1.29 is 9.53 Å². The molecule has 0 saturated heterocycles. The normalized spacial score (nSPS) is 28.6. The molecule has 2 aliphatic carbocycles. The number of hydrogen-bond donors (Lipinski definition) is 2. The Morgan fingerprint density at radius 2 is 1.79 bits per heavy atom. The summed E-state index contributed by atoms with van der Waals surface area (Å²) in [7, 11) is 0. The van der Waals surface area contributed by atoms with E-state index in [1.54, 1.807) is 18.2 Å². The van der Waals surface area contributed by atoms with E-state index in [9.17, 15) is 4.79 Å². The van der Waals surface area contributed by atoms with E-state index in [-0.39, 0.29) is 37.0 Å². The van der Waals surface area contributed by atoms with Crippen molar-refractivity contribution in [2.45, 2.75) is 44.2 Å². The molecule has 24 heavy (non-hydrogen) atoms. The van der Waals surface area contributed by atoms with Crippen molar-refractivity contribution >= 4 is 41.5 Å². The number of carbonyl (C=O) groups excluding carboxylic acids is 1. The first kappa shape index (κ1) is 19.6. The average Bonchev–Trinajstić information content (AvgIpc) is 2.47. The Labute approximate surface area is 158 Å². The number of hydrogen-bond acceptors (Lipinski definition) is 3. The first-order valence-corrected chi connectivity index (χ1v) is 8.92. The first-order chi connectivity index (χ1) is 11.0. The molecule has 0 aromatic heterocycles. The number of halogens is 3. The molecule has 2 bridgehead atoms. The molecule has 0 heterocycles. The van der Waals surface area contributed by atoms with E-state index in [0.29, 0.717) is 27.6 Å². The standard InChI is InChI=1S/C17H22Cl2N2O2.ClH/c18-13-5-2-6-14(19)17(13)23-9-15(22)21-16-10-3-1-4-11(16)8-12(20)7-10;/h2,5-6,10-12,16H,1,3-4,7-9,20H2,(H,21,22);1H. The molecule has 2 fully saturated rings. The minimum atomic E-state index is -0.127. The third-order valence-electron chi connectivity index (χ3n) is 4.97. The highest BCUT2D eigenvalue weighted by Gasteiger charge is 2.39. The van der Waals surface area contributed by atoms with E-state index < -0.39 is 0 Å². The highest BCUT2D eigenvalue weighted by Crippen LogP contribution is 2.39. The lowest BCUT2D eigenvalue weighted by Gasteiger charge is -2.45. The number of ether oxygens (including phenoxy) is 1. The largest absolute Gasteiger partial charge is 0.481 e. The fourth-order valence-electron chi connectivity index (χ4n) is 4.01. The topological polar surface area (TPSA) is 64.3 Å². The molecule has 2 unspecified atom stereocenters. The van der Waals surface area contributed by atoms with Crippen LogP contribution in [0.4, 0.5) is 0 Å². The molecule has 0 spiro atoms. The molecule has 2 saturated carbocycles. The Morgan fingerprint density at radius 1 is 1.21 bits per heavy atom. The second-order valence-electron chi connectivity index (χ2n) is 6.62. The molecule has 0 aliphatic heterocycles. The molecule has 1 aromatic rings. The number of nitrogens with one attached hydrogen (secondary N) is 1. The van der Waals surface area contributed by atoms with Gasteiger partial charge in [-0.05, 0) is 49.7 Å². The fraction of sp³-hybridized carbons (Fsp3) is 0.588. The van der Waals surface area contributed by atoms with Crippen LogP contribution in [0.2, 0.25) is 10.0 Å². The van der Waals surface area contributed by atoms with Crippen LogP contribution in [0.15, 0.2) is 18.2 Å². The van der Waals surface area contributed by atoms with Crippen molar-refractivity contribution in [3.8, 4) is 5.75 Å². The van der Waals surface area contributed by atoms with Crippen molar-refractivity contribution in [1.82, 2.24) is 5.32 Å². The number of nitrogens with two attached hydrogens (primary N) is 1.